The van der Waals surface area contributed by atoms with Gasteiger partial charge in [0.05, 0.1) is 23.7 Å². The van der Waals surface area contributed by atoms with Crippen LogP contribution >= 0.6 is 0 Å². The number of carbonyl (C=O) groups is 4. The fraction of sp³-hybridized carbons (Fsp3) is 0.308. The van der Waals surface area contributed by atoms with E-state index in [9.17, 15) is 39.6 Å². The molecule has 4 N–H and O–H groups in total. The van der Waals surface area contributed by atoms with Crippen molar-refractivity contribution in [1.29, 1.82) is 0 Å². The topological polar surface area (TPSA) is 149 Å². The summed E-state index contributed by atoms with van der Waals surface area (Å²) >= 11 is 0. The van der Waals surface area contributed by atoms with Gasteiger partial charge >= 0.3 is 23.9 Å². The number of fused-ring (bicyclic) bond motifs is 2. The van der Waals surface area contributed by atoms with Crippen LogP contribution in [0.5, 0.6) is 0 Å². The van der Waals surface area contributed by atoms with Gasteiger partial charge in [-0.1, -0.05) is 67.6 Å². The van der Waals surface area contributed by atoms with Crippen molar-refractivity contribution < 1.29 is 39.6 Å². The van der Waals surface area contributed by atoms with Crippen LogP contribution in [-0.4, -0.2) is 44.3 Å². The monoisotopic (exact) mass is 464 g/mol. The zero-order chi connectivity index (χ0) is 24.8. The van der Waals surface area contributed by atoms with Gasteiger partial charge in [-0.05, 0) is 28.7 Å². The zero-order valence-corrected chi connectivity index (χ0v) is 18.3. The highest BCUT2D eigenvalue weighted by atomic mass is 16.4. The lowest BCUT2D eigenvalue weighted by Gasteiger charge is -2.60. The van der Waals surface area contributed by atoms with Crippen molar-refractivity contribution in [3.8, 4) is 0 Å². The highest BCUT2D eigenvalue weighted by Gasteiger charge is 2.72. The molecular formula is C26H24O8. The smallest absolute Gasteiger partial charge is 0.308 e. The molecule has 0 aliphatic heterocycles. The van der Waals surface area contributed by atoms with E-state index in [1.165, 1.54) is 0 Å². The van der Waals surface area contributed by atoms with Gasteiger partial charge in [0, 0.05) is 11.3 Å². The van der Waals surface area contributed by atoms with Crippen LogP contribution in [0.3, 0.4) is 0 Å². The third-order valence-corrected chi connectivity index (χ3v) is 7.50. The first-order chi connectivity index (χ1) is 16.2. The van der Waals surface area contributed by atoms with Crippen molar-refractivity contribution in [2.45, 2.75) is 13.3 Å². The number of rotatable bonds is 7. The summed E-state index contributed by atoms with van der Waals surface area (Å²) in [6.45, 7) is 1.60. The van der Waals surface area contributed by atoms with Crippen molar-refractivity contribution in [3.63, 3.8) is 0 Å². The number of allylic oxidation sites excluding steroid dienone is 2. The van der Waals surface area contributed by atoms with Gasteiger partial charge in [-0.2, -0.15) is 0 Å². The van der Waals surface area contributed by atoms with Gasteiger partial charge in [0.2, 0.25) is 0 Å². The van der Waals surface area contributed by atoms with Gasteiger partial charge in [0.25, 0.3) is 0 Å². The van der Waals surface area contributed by atoms with E-state index < -0.39 is 58.9 Å². The summed E-state index contributed by atoms with van der Waals surface area (Å²) in [5, 5.41) is 41.0. The maximum Gasteiger partial charge on any atom is 0.308 e. The second-order valence-corrected chi connectivity index (χ2v) is 8.80. The van der Waals surface area contributed by atoms with Crippen LogP contribution in [0.25, 0.3) is 11.1 Å². The second-order valence-electron chi connectivity index (χ2n) is 8.80. The minimum atomic E-state index is -1.77. The van der Waals surface area contributed by atoms with E-state index in [0.29, 0.717) is 22.3 Å². The molecule has 2 bridgehead atoms. The summed E-state index contributed by atoms with van der Waals surface area (Å²) in [4.78, 5) is 50.4. The number of carboxylic acids is 4. The Morgan fingerprint density at radius 1 is 0.676 bits per heavy atom. The maximum atomic E-state index is 12.7. The number of aliphatic carboxylic acids is 4. The van der Waals surface area contributed by atoms with Gasteiger partial charge in [0.1, 0.15) is 0 Å². The minimum absolute atomic E-state index is 0.0677. The highest BCUT2D eigenvalue weighted by Crippen LogP contribution is 2.70. The summed E-state index contributed by atoms with van der Waals surface area (Å²) in [5.74, 6) is -13.6. The maximum absolute atomic E-state index is 12.7. The third kappa shape index (κ3) is 3.13. The summed E-state index contributed by atoms with van der Waals surface area (Å²) in [7, 11) is 0. The molecule has 0 amide bonds. The molecule has 4 unspecified atom stereocenters. The molecule has 8 heteroatoms. The standard InChI is InChI=1S/C26H24O8/c1-2-26-19(14-11-7-4-8-12-14)15(13-9-5-3-6-10-13)16(17(22(27)28)20(26)24(31)32)18(23(29)30)21(26)25(33)34/h3-12,16-18,20-21H,2H2,1H3,(H,27,28)(H,29,30)(H,31,32)(H,33,34). The Morgan fingerprint density at radius 3 is 1.44 bits per heavy atom. The highest BCUT2D eigenvalue weighted by molar-refractivity contribution is 6.06. The molecule has 2 aromatic rings. The number of hydrogen-bond acceptors (Lipinski definition) is 4. The fourth-order valence-corrected chi connectivity index (χ4v) is 6.50. The Kier molecular flexibility index (Phi) is 5.77. The Balaban J connectivity index is 2.26. The summed E-state index contributed by atoms with van der Waals surface area (Å²) < 4.78 is 0. The number of benzene rings is 2. The third-order valence-electron chi connectivity index (χ3n) is 7.50. The van der Waals surface area contributed by atoms with Crippen molar-refractivity contribution in [2.75, 3.05) is 0 Å². The average Bonchev–Trinajstić information content (AvgIpc) is 2.82. The Hall–Kier alpha value is -3.94. The van der Waals surface area contributed by atoms with Gasteiger partial charge in [0.15, 0.2) is 0 Å². The molecule has 0 radical (unpaired) electrons. The van der Waals surface area contributed by atoms with E-state index in [4.69, 9.17) is 0 Å². The molecule has 5 rings (SSSR count). The van der Waals surface area contributed by atoms with E-state index in [1.54, 1.807) is 67.6 Å². The van der Waals surface area contributed by atoms with Crippen LogP contribution in [-0.2, 0) is 19.2 Å². The molecular weight excluding hydrogens is 440 g/mol. The zero-order valence-electron chi connectivity index (χ0n) is 18.3. The SMILES string of the molecule is CCC12C(c3ccccc3)=C(c3ccccc3)C(C(C(=O)O)C1C(=O)O)C(C(=O)O)C2C(=O)O. The summed E-state index contributed by atoms with van der Waals surface area (Å²) in [6, 6.07) is 17.3. The van der Waals surface area contributed by atoms with Crippen LogP contribution in [0.4, 0.5) is 0 Å². The molecule has 1 fully saturated rings. The number of carboxylic acid groups (broad SMARTS) is 4. The molecule has 0 spiro atoms. The molecule has 3 aliphatic carbocycles. The van der Waals surface area contributed by atoms with Crippen LogP contribution in [0.15, 0.2) is 60.7 Å². The van der Waals surface area contributed by atoms with Crippen molar-refractivity contribution in [2.24, 2.45) is 35.0 Å². The molecule has 8 nitrogen and oxygen atoms in total. The molecule has 1 saturated carbocycles. The Bertz CT molecular complexity index is 1140. The minimum Gasteiger partial charge on any atom is -0.481 e. The van der Waals surface area contributed by atoms with Crippen LogP contribution in [0, 0.1) is 35.0 Å². The van der Waals surface area contributed by atoms with E-state index in [-0.39, 0.29) is 6.42 Å². The predicted molar refractivity (Wildman–Crippen MR) is 120 cm³/mol. The van der Waals surface area contributed by atoms with E-state index in [1.807, 2.05) is 0 Å². The molecule has 0 heterocycles. The summed E-state index contributed by atoms with van der Waals surface area (Å²) in [6.07, 6.45) is -0.0677. The van der Waals surface area contributed by atoms with Crippen LogP contribution < -0.4 is 0 Å². The molecule has 2 aromatic carbocycles. The molecule has 0 aromatic heterocycles. The summed E-state index contributed by atoms with van der Waals surface area (Å²) in [5.41, 5.74) is 0.128. The van der Waals surface area contributed by atoms with E-state index in [0.717, 1.165) is 0 Å². The average molecular weight is 464 g/mol. The first-order valence-corrected chi connectivity index (χ1v) is 10.9. The molecule has 0 saturated heterocycles. The number of hydrogen-bond donors (Lipinski definition) is 4. The lowest BCUT2D eigenvalue weighted by molar-refractivity contribution is -0.186. The Morgan fingerprint density at radius 2 is 1.09 bits per heavy atom. The molecule has 176 valence electrons. The van der Waals surface area contributed by atoms with Gasteiger partial charge in [-0.15, -0.1) is 0 Å². The first kappa shape index (κ1) is 23.2. The predicted octanol–water partition coefficient (Wildman–Crippen LogP) is 3.44. The van der Waals surface area contributed by atoms with Gasteiger partial charge in [-0.25, -0.2) is 0 Å². The molecule has 34 heavy (non-hydrogen) atoms. The normalized spacial score (nSPS) is 30.1. The molecule has 3 aliphatic rings. The van der Waals surface area contributed by atoms with Crippen molar-refractivity contribution in [1.82, 2.24) is 0 Å². The van der Waals surface area contributed by atoms with Crippen LogP contribution in [0.2, 0.25) is 0 Å². The van der Waals surface area contributed by atoms with Gasteiger partial charge in [-0.3, -0.25) is 19.2 Å². The Labute approximate surface area is 195 Å². The van der Waals surface area contributed by atoms with Gasteiger partial charge < -0.3 is 20.4 Å². The van der Waals surface area contributed by atoms with Crippen molar-refractivity contribution >= 4 is 35.0 Å². The fourth-order valence-electron chi connectivity index (χ4n) is 6.50. The van der Waals surface area contributed by atoms with Crippen molar-refractivity contribution in [3.05, 3.63) is 71.8 Å². The lowest BCUT2D eigenvalue weighted by Crippen LogP contribution is -2.65. The largest absolute Gasteiger partial charge is 0.481 e. The first-order valence-electron chi connectivity index (χ1n) is 10.9. The lowest BCUT2D eigenvalue weighted by atomic mass is 9.39. The van der Waals surface area contributed by atoms with Crippen LogP contribution in [0.1, 0.15) is 24.5 Å². The van der Waals surface area contributed by atoms with E-state index >= 15 is 0 Å². The quantitative estimate of drug-likeness (QED) is 0.487. The molecule has 4 atom stereocenters. The second kappa shape index (κ2) is 8.44. The van der Waals surface area contributed by atoms with E-state index in [2.05, 4.69) is 0 Å².